The van der Waals surface area contributed by atoms with Gasteiger partial charge < -0.3 is 30.0 Å². The van der Waals surface area contributed by atoms with Crippen LogP contribution in [0.2, 0.25) is 0 Å². The Bertz CT molecular complexity index is 2090. The lowest BCUT2D eigenvalue weighted by Gasteiger charge is -2.31. The standard InChI is InChI=1S/C41H44N4O8S/c1-26(2)23-45(24-37(46)36(21-27-8-4-3-5-9-27)44-41(48)53-38-25-52-40-31(38)17-19-51-40)54(49,50)30-15-16-35-32(22-30)33(39(47)43-35)20-28-11-13-29(14-12-28)34-10-6-7-18-42-34/h3-16,18,20,22,26,31,36-38,40,46H,17,19,21,23-25H2,1-2H3,(H,43,47)(H,44,48). The van der Waals surface area contributed by atoms with Crippen molar-refractivity contribution >= 4 is 39.4 Å². The van der Waals surface area contributed by atoms with E-state index >= 15 is 0 Å². The maximum atomic E-state index is 14.4. The van der Waals surface area contributed by atoms with Gasteiger partial charge in [-0.25, -0.2) is 13.2 Å². The number of fused-ring (bicyclic) bond motifs is 2. The van der Waals surface area contributed by atoms with Crippen molar-refractivity contribution in [3.05, 3.63) is 114 Å². The summed E-state index contributed by atoms with van der Waals surface area (Å²) in [5.41, 5.74) is 4.64. The molecule has 3 aromatic carbocycles. The molecule has 12 nitrogen and oxygen atoms in total. The molecule has 0 spiro atoms. The van der Waals surface area contributed by atoms with Gasteiger partial charge in [-0.15, -0.1) is 0 Å². The highest BCUT2D eigenvalue weighted by atomic mass is 32.2. The monoisotopic (exact) mass is 752 g/mol. The highest BCUT2D eigenvalue weighted by Gasteiger charge is 2.44. The lowest BCUT2D eigenvalue weighted by atomic mass is 10.0. The number of alkyl carbamates (subject to hydrolysis) is 1. The minimum Gasteiger partial charge on any atom is -0.443 e. The Hall–Kier alpha value is -4.92. The SMILES string of the molecule is CC(C)CN(CC(O)C(Cc1ccccc1)NC(=O)OC1COC2OCCC12)S(=O)(=O)c1ccc2c(c1)C(=Cc1ccc(-c3ccccn3)cc1)C(=O)N2. The fourth-order valence-electron chi connectivity index (χ4n) is 7.11. The second-order valence-electron chi connectivity index (χ2n) is 14.2. The summed E-state index contributed by atoms with van der Waals surface area (Å²) in [5, 5.41) is 17.4. The highest BCUT2D eigenvalue weighted by molar-refractivity contribution is 7.89. The first-order valence-corrected chi connectivity index (χ1v) is 19.6. The molecule has 4 heterocycles. The van der Waals surface area contributed by atoms with Crippen LogP contribution in [0, 0.1) is 11.8 Å². The summed E-state index contributed by atoms with van der Waals surface area (Å²) >= 11 is 0. The van der Waals surface area contributed by atoms with Crippen LogP contribution in [-0.4, -0.2) is 85.7 Å². The van der Waals surface area contributed by atoms with E-state index in [-0.39, 0.29) is 48.8 Å². The normalized spacial score (nSPS) is 21.2. The molecule has 3 N–H and O–H groups in total. The molecule has 0 saturated carbocycles. The van der Waals surface area contributed by atoms with E-state index in [0.29, 0.717) is 29.9 Å². The Balaban J connectivity index is 1.12. The molecule has 4 aromatic rings. The van der Waals surface area contributed by atoms with Crippen LogP contribution < -0.4 is 10.6 Å². The Kier molecular flexibility index (Phi) is 11.2. The van der Waals surface area contributed by atoms with Crippen LogP contribution in [0.1, 0.15) is 37.0 Å². The Labute approximate surface area is 315 Å². The van der Waals surface area contributed by atoms with Gasteiger partial charge in [0.1, 0.15) is 6.10 Å². The zero-order chi connectivity index (χ0) is 37.8. The third-order valence-corrected chi connectivity index (χ3v) is 11.7. The first-order valence-electron chi connectivity index (χ1n) is 18.2. The van der Waals surface area contributed by atoms with Crippen LogP contribution in [0.15, 0.2) is 102 Å². The maximum absolute atomic E-state index is 14.4. The van der Waals surface area contributed by atoms with Gasteiger partial charge >= 0.3 is 6.09 Å². The minimum absolute atomic E-state index is 0.0245. The number of nitrogens with zero attached hydrogens (tertiary/aromatic N) is 2. The second-order valence-corrected chi connectivity index (χ2v) is 16.2. The van der Waals surface area contributed by atoms with Gasteiger partial charge in [0.25, 0.3) is 5.91 Å². The fourth-order valence-corrected chi connectivity index (χ4v) is 8.75. The molecule has 282 valence electrons. The van der Waals surface area contributed by atoms with Crippen LogP contribution in [0.4, 0.5) is 10.5 Å². The Morgan fingerprint density at radius 2 is 1.81 bits per heavy atom. The lowest BCUT2D eigenvalue weighted by Crippen LogP contribution is -2.51. The zero-order valence-electron chi connectivity index (χ0n) is 30.1. The molecule has 0 aliphatic carbocycles. The molecule has 1 aromatic heterocycles. The van der Waals surface area contributed by atoms with E-state index in [1.165, 1.54) is 16.4 Å². The molecular weight excluding hydrogens is 709 g/mol. The fraction of sp³-hybridized carbons (Fsp3) is 0.341. The van der Waals surface area contributed by atoms with Crippen LogP contribution in [-0.2, 0) is 35.4 Å². The summed E-state index contributed by atoms with van der Waals surface area (Å²) in [6.45, 7) is 4.32. The highest BCUT2D eigenvalue weighted by Crippen LogP contribution is 2.36. The summed E-state index contributed by atoms with van der Waals surface area (Å²) in [6, 6.07) is 26.3. The number of carbonyl (C=O) groups is 2. The smallest absolute Gasteiger partial charge is 0.407 e. The minimum atomic E-state index is -4.20. The Morgan fingerprint density at radius 3 is 2.56 bits per heavy atom. The van der Waals surface area contributed by atoms with Crippen molar-refractivity contribution in [1.82, 2.24) is 14.6 Å². The van der Waals surface area contributed by atoms with Crippen LogP contribution in [0.25, 0.3) is 22.9 Å². The van der Waals surface area contributed by atoms with Crippen molar-refractivity contribution in [3.8, 4) is 11.3 Å². The third-order valence-electron chi connectivity index (χ3n) is 9.86. The van der Waals surface area contributed by atoms with E-state index in [9.17, 15) is 23.1 Å². The summed E-state index contributed by atoms with van der Waals surface area (Å²) in [6.07, 6.45) is 1.47. The third kappa shape index (κ3) is 8.40. The van der Waals surface area contributed by atoms with Crippen molar-refractivity contribution < 1.29 is 37.3 Å². The van der Waals surface area contributed by atoms with E-state index in [1.54, 1.807) is 18.3 Å². The molecule has 3 aliphatic heterocycles. The van der Waals surface area contributed by atoms with E-state index in [0.717, 1.165) is 22.4 Å². The van der Waals surface area contributed by atoms with Gasteiger partial charge in [-0.2, -0.15) is 4.31 Å². The van der Waals surface area contributed by atoms with Crippen molar-refractivity contribution in [3.63, 3.8) is 0 Å². The number of aliphatic hydroxyl groups excluding tert-OH is 1. The van der Waals surface area contributed by atoms with E-state index in [1.807, 2.05) is 86.6 Å². The molecule has 13 heteroatoms. The first-order chi connectivity index (χ1) is 26.0. The molecule has 5 atom stereocenters. The number of hydrogen-bond donors (Lipinski definition) is 3. The van der Waals surface area contributed by atoms with E-state index in [2.05, 4.69) is 15.6 Å². The molecule has 0 bridgehead atoms. The predicted octanol–water partition coefficient (Wildman–Crippen LogP) is 5.35. The van der Waals surface area contributed by atoms with Crippen molar-refractivity contribution in [1.29, 1.82) is 0 Å². The maximum Gasteiger partial charge on any atom is 0.407 e. The molecule has 2 amide bonds. The quantitative estimate of drug-likeness (QED) is 0.153. The number of pyridine rings is 1. The lowest BCUT2D eigenvalue weighted by molar-refractivity contribution is -0.110. The van der Waals surface area contributed by atoms with Gasteiger partial charge in [0, 0.05) is 41.7 Å². The zero-order valence-corrected chi connectivity index (χ0v) is 30.9. The van der Waals surface area contributed by atoms with Crippen LogP contribution in [0.3, 0.4) is 0 Å². The topological polar surface area (TPSA) is 156 Å². The van der Waals surface area contributed by atoms with Gasteiger partial charge in [-0.3, -0.25) is 9.78 Å². The average Bonchev–Trinajstić information content (AvgIpc) is 3.87. The molecule has 7 rings (SSSR count). The predicted molar refractivity (Wildman–Crippen MR) is 203 cm³/mol. The van der Waals surface area contributed by atoms with Gasteiger partial charge in [-0.1, -0.05) is 74.5 Å². The number of nitrogens with one attached hydrogen (secondary N) is 2. The van der Waals surface area contributed by atoms with E-state index < -0.39 is 40.7 Å². The van der Waals surface area contributed by atoms with Gasteiger partial charge in [0.2, 0.25) is 10.0 Å². The first kappa shape index (κ1) is 37.4. The number of aromatic nitrogens is 1. The summed E-state index contributed by atoms with van der Waals surface area (Å²) in [5.74, 6) is -0.501. The average molecular weight is 753 g/mol. The van der Waals surface area contributed by atoms with Crippen molar-refractivity contribution in [2.24, 2.45) is 11.8 Å². The number of anilines is 1. The molecule has 54 heavy (non-hydrogen) atoms. The number of rotatable bonds is 13. The van der Waals surface area contributed by atoms with Gasteiger partial charge in [-0.05, 0) is 66.3 Å². The Morgan fingerprint density at radius 1 is 1.04 bits per heavy atom. The van der Waals surface area contributed by atoms with Gasteiger partial charge in [0.15, 0.2) is 6.29 Å². The van der Waals surface area contributed by atoms with Crippen molar-refractivity contribution in [2.75, 3.05) is 31.6 Å². The number of aliphatic hydroxyl groups is 1. The molecule has 2 fully saturated rings. The summed E-state index contributed by atoms with van der Waals surface area (Å²) in [4.78, 5) is 30.7. The van der Waals surface area contributed by atoms with Gasteiger partial charge in [0.05, 0.1) is 41.9 Å². The number of ether oxygens (including phenoxy) is 3. The molecule has 0 radical (unpaired) electrons. The number of benzene rings is 3. The number of carbonyl (C=O) groups excluding carboxylic acids is 2. The molecule has 2 saturated heterocycles. The second kappa shape index (κ2) is 16.2. The summed E-state index contributed by atoms with van der Waals surface area (Å²) in [7, 11) is -4.20. The van der Waals surface area contributed by atoms with E-state index in [4.69, 9.17) is 14.2 Å². The summed E-state index contributed by atoms with van der Waals surface area (Å²) < 4.78 is 47.0. The number of sulfonamides is 1. The number of amides is 2. The number of hydrogen-bond acceptors (Lipinski definition) is 9. The van der Waals surface area contributed by atoms with Crippen LogP contribution in [0.5, 0.6) is 0 Å². The largest absolute Gasteiger partial charge is 0.443 e. The van der Waals surface area contributed by atoms with Crippen molar-refractivity contribution in [2.45, 2.75) is 56.1 Å². The molecular formula is C41H44N4O8S. The molecule has 3 aliphatic rings. The molecule has 5 unspecified atom stereocenters. The van der Waals surface area contributed by atoms with Crippen LogP contribution >= 0.6 is 0 Å².